The van der Waals surface area contributed by atoms with Crippen LogP contribution in [0.1, 0.15) is 66.7 Å². The summed E-state index contributed by atoms with van der Waals surface area (Å²) in [5, 5.41) is 0. The number of ketones is 1. The van der Waals surface area contributed by atoms with Gasteiger partial charge in [0.1, 0.15) is 4.75 Å². The van der Waals surface area contributed by atoms with E-state index in [2.05, 4.69) is 6.92 Å². The van der Waals surface area contributed by atoms with Crippen LogP contribution in [-0.4, -0.2) is 32.0 Å². The van der Waals surface area contributed by atoms with Crippen molar-refractivity contribution < 1.29 is 9.35 Å². The molecule has 0 fully saturated rings. The number of hydrogen-bond donors (Lipinski definition) is 0. The fourth-order valence-corrected chi connectivity index (χ4v) is 3.95. The van der Waals surface area contributed by atoms with Crippen LogP contribution in [0.5, 0.6) is 0 Å². The number of rotatable bonds is 7. The molecule has 1 unspecified atom stereocenters. The van der Waals surface area contributed by atoms with Crippen molar-refractivity contribution in [2.24, 2.45) is 0 Å². The highest BCUT2D eigenvalue weighted by Crippen LogP contribution is 2.32. The van der Waals surface area contributed by atoms with Crippen molar-refractivity contribution in [2.75, 3.05) is 6.54 Å². The molecule has 0 bridgehead atoms. The van der Waals surface area contributed by atoms with E-state index < -0.39 is 11.4 Å². The Kier molecular flexibility index (Phi) is 6.76. The second-order valence-corrected chi connectivity index (χ2v) is 8.73. The number of nitrogens with zero attached hydrogens (tertiary/aromatic N) is 1. The zero-order chi connectivity index (χ0) is 15.3. The number of Topliss-reactive ketones (excluding diaryl/α,β-unsaturated/α-hetero) is 1. The maximum atomic E-state index is 12.6. The predicted molar refractivity (Wildman–Crippen MR) is 85.9 cm³/mol. The van der Waals surface area contributed by atoms with Gasteiger partial charge in [-0.3, -0.25) is 4.79 Å². The summed E-state index contributed by atoms with van der Waals surface area (Å²) in [6.07, 6.45) is 7.63. The van der Waals surface area contributed by atoms with Crippen LogP contribution in [0.15, 0.2) is 11.6 Å². The first-order valence-corrected chi connectivity index (χ1v) is 8.79. The van der Waals surface area contributed by atoms with Gasteiger partial charge in [0, 0.05) is 16.9 Å². The molecular weight excluding hydrogens is 270 g/mol. The first-order chi connectivity index (χ1) is 9.29. The van der Waals surface area contributed by atoms with Crippen molar-refractivity contribution in [3.8, 4) is 0 Å². The summed E-state index contributed by atoms with van der Waals surface area (Å²) < 4.78 is 14.4. The molecule has 0 amide bonds. The number of carbonyl (C=O) groups excluding carboxylic acids is 1. The van der Waals surface area contributed by atoms with Gasteiger partial charge in [0.2, 0.25) is 0 Å². The van der Waals surface area contributed by atoms with Crippen LogP contribution >= 0.6 is 0 Å². The molecule has 0 spiro atoms. The lowest BCUT2D eigenvalue weighted by atomic mass is 10.00. The summed E-state index contributed by atoms with van der Waals surface area (Å²) in [5.41, 5.74) is 0.860. The van der Waals surface area contributed by atoms with Crippen LogP contribution in [0.25, 0.3) is 0 Å². The Morgan fingerprint density at radius 2 is 2.05 bits per heavy atom. The van der Waals surface area contributed by atoms with E-state index in [4.69, 9.17) is 0 Å². The summed E-state index contributed by atoms with van der Waals surface area (Å²) in [5.74, 6) is 0.124. The molecule has 1 heterocycles. The maximum absolute atomic E-state index is 12.6. The molecule has 0 saturated heterocycles. The highest BCUT2D eigenvalue weighted by molar-refractivity contribution is 7.90. The normalized spacial score (nSPS) is 21.9. The van der Waals surface area contributed by atoms with E-state index in [1.807, 2.05) is 31.2 Å². The van der Waals surface area contributed by atoms with E-state index in [1.165, 1.54) is 19.3 Å². The highest BCUT2D eigenvalue weighted by Gasteiger charge is 2.42. The molecule has 0 saturated carbocycles. The Balaban J connectivity index is 2.73. The SMILES string of the molecule is CCCCCC[C@@H]1C(C(C)=O)=CCN1[S+]([O-])C(C)(C)C. The molecule has 1 aliphatic rings. The van der Waals surface area contributed by atoms with Gasteiger partial charge in [-0.2, -0.15) is 0 Å². The molecular formula is C16H29NO2S. The van der Waals surface area contributed by atoms with Gasteiger partial charge in [-0.1, -0.05) is 38.7 Å². The Labute approximate surface area is 127 Å². The van der Waals surface area contributed by atoms with Gasteiger partial charge in [0.05, 0.1) is 12.6 Å². The van der Waals surface area contributed by atoms with Crippen LogP contribution < -0.4 is 0 Å². The highest BCUT2D eigenvalue weighted by atomic mass is 32.2. The van der Waals surface area contributed by atoms with E-state index in [-0.39, 0.29) is 16.6 Å². The van der Waals surface area contributed by atoms with E-state index in [0.717, 1.165) is 18.4 Å². The van der Waals surface area contributed by atoms with Crippen LogP contribution in [0.3, 0.4) is 0 Å². The minimum atomic E-state index is -1.06. The van der Waals surface area contributed by atoms with Gasteiger partial charge in [0.25, 0.3) is 0 Å². The Hall–Kier alpha value is -0.320. The summed E-state index contributed by atoms with van der Waals surface area (Å²) in [4.78, 5) is 11.8. The summed E-state index contributed by atoms with van der Waals surface area (Å²) in [6.45, 7) is 10.4. The third-order valence-corrected chi connectivity index (χ3v) is 5.55. The predicted octanol–water partition coefficient (Wildman–Crippen LogP) is 3.62. The Morgan fingerprint density at radius 3 is 2.55 bits per heavy atom. The molecule has 0 aliphatic carbocycles. The topological polar surface area (TPSA) is 43.4 Å². The minimum absolute atomic E-state index is 0.0458. The smallest absolute Gasteiger partial charge is 0.157 e. The minimum Gasteiger partial charge on any atom is -0.597 e. The van der Waals surface area contributed by atoms with Gasteiger partial charge >= 0.3 is 0 Å². The average Bonchev–Trinajstić information content (AvgIpc) is 2.76. The third-order valence-electron chi connectivity index (χ3n) is 3.67. The first-order valence-electron chi connectivity index (χ1n) is 7.68. The monoisotopic (exact) mass is 299 g/mol. The standard InChI is InChI=1S/C16H29NO2S/c1-6-7-8-9-10-15-14(13(2)18)11-12-17(15)20(19)16(3,4)5/h11,15H,6-10,12H2,1-5H3/t15-,20?/m1/s1. The second kappa shape index (κ2) is 7.62. The van der Waals surface area contributed by atoms with Crippen LogP contribution in [0, 0.1) is 0 Å². The van der Waals surface area contributed by atoms with E-state index in [0.29, 0.717) is 6.54 Å². The van der Waals surface area contributed by atoms with E-state index in [1.54, 1.807) is 6.92 Å². The number of carbonyl (C=O) groups is 1. The third kappa shape index (κ3) is 4.61. The van der Waals surface area contributed by atoms with Crippen molar-refractivity contribution in [1.29, 1.82) is 0 Å². The van der Waals surface area contributed by atoms with Crippen molar-refractivity contribution in [2.45, 2.75) is 77.5 Å². The molecule has 0 aromatic rings. The molecule has 1 aliphatic heterocycles. The zero-order valence-corrected chi connectivity index (χ0v) is 14.4. The molecule has 3 nitrogen and oxygen atoms in total. The fraction of sp³-hybridized carbons (Fsp3) is 0.812. The largest absolute Gasteiger partial charge is 0.597 e. The van der Waals surface area contributed by atoms with Crippen LogP contribution in [0.4, 0.5) is 0 Å². The number of hydrogen-bond acceptors (Lipinski definition) is 3. The second-order valence-electron chi connectivity index (χ2n) is 6.54. The van der Waals surface area contributed by atoms with Gasteiger partial charge in [-0.15, -0.1) is 4.31 Å². The van der Waals surface area contributed by atoms with Crippen molar-refractivity contribution in [1.82, 2.24) is 4.31 Å². The molecule has 4 heteroatoms. The van der Waals surface area contributed by atoms with Gasteiger partial charge in [-0.25, -0.2) is 0 Å². The molecule has 2 atom stereocenters. The molecule has 0 aromatic carbocycles. The van der Waals surface area contributed by atoms with E-state index in [9.17, 15) is 9.35 Å². The fourth-order valence-electron chi connectivity index (χ4n) is 2.58. The molecule has 0 N–H and O–H groups in total. The molecule has 20 heavy (non-hydrogen) atoms. The maximum Gasteiger partial charge on any atom is 0.157 e. The van der Waals surface area contributed by atoms with Crippen molar-refractivity contribution >= 4 is 17.1 Å². The Morgan fingerprint density at radius 1 is 1.40 bits per heavy atom. The summed E-state index contributed by atoms with van der Waals surface area (Å²) in [7, 11) is 0. The van der Waals surface area contributed by atoms with Gasteiger partial charge in [-0.05, 0) is 34.1 Å². The Bertz CT molecular complexity index is 360. The molecule has 1 rings (SSSR count). The van der Waals surface area contributed by atoms with Crippen LogP contribution in [0.2, 0.25) is 0 Å². The lowest BCUT2D eigenvalue weighted by molar-refractivity contribution is -0.113. The molecule has 0 radical (unpaired) electrons. The summed E-state index contributed by atoms with van der Waals surface area (Å²) >= 11 is -1.06. The van der Waals surface area contributed by atoms with Gasteiger partial charge < -0.3 is 4.55 Å². The number of unbranched alkanes of at least 4 members (excludes halogenated alkanes) is 3. The zero-order valence-electron chi connectivity index (χ0n) is 13.6. The first kappa shape index (κ1) is 17.7. The molecule has 0 aromatic heterocycles. The van der Waals surface area contributed by atoms with Crippen LogP contribution in [-0.2, 0) is 16.2 Å². The lowest BCUT2D eigenvalue weighted by Crippen LogP contribution is -2.46. The lowest BCUT2D eigenvalue weighted by Gasteiger charge is -2.34. The van der Waals surface area contributed by atoms with Gasteiger partial charge in [0.15, 0.2) is 5.78 Å². The molecule has 116 valence electrons. The van der Waals surface area contributed by atoms with Crippen molar-refractivity contribution in [3.05, 3.63) is 11.6 Å². The average molecular weight is 299 g/mol. The summed E-state index contributed by atoms with van der Waals surface area (Å²) in [6, 6.07) is 0.0458. The van der Waals surface area contributed by atoms with Crippen molar-refractivity contribution in [3.63, 3.8) is 0 Å². The quantitative estimate of drug-likeness (QED) is 0.533. The van der Waals surface area contributed by atoms with E-state index >= 15 is 0 Å².